The Bertz CT molecular complexity index is 1610. The summed E-state index contributed by atoms with van der Waals surface area (Å²) >= 11 is 0. The quantitative estimate of drug-likeness (QED) is 0.319. The highest BCUT2D eigenvalue weighted by Gasteiger charge is 2.32. The van der Waals surface area contributed by atoms with Crippen LogP contribution in [0, 0.1) is 0 Å². The van der Waals surface area contributed by atoms with Crippen LogP contribution in [0.3, 0.4) is 0 Å². The normalized spacial score (nSPS) is 16.4. The third kappa shape index (κ3) is 2.27. The van der Waals surface area contributed by atoms with Crippen molar-refractivity contribution in [3.8, 4) is 0 Å². The fourth-order valence-corrected chi connectivity index (χ4v) is 5.34. The topological polar surface area (TPSA) is 24.7 Å². The van der Waals surface area contributed by atoms with E-state index in [1.165, 1.54) is 49.4 Å². The Labute approximate surface area is 179 Å². The van der Waals surface area contributed by atoms with Crippen LogP contribution in [0.25, 0.3) is 33.2 Å². The molecule has 0 bridgehead atoms. The summed E-state index contributed by atoms with van der Waals surface area (Å²) in [4.78, 5) is 9.51. The second kappa shape index (κ2) is 6.23. The maximum atomic E-state index is 4.80. The first-order valence-electron chi connectivity index (χ1n) is 10.6. The largest absolute Gasteiger partial charge is 0.234 e. The summed E-state index contributed by atoms with van der Waals surface area (Å²) in [5.74, 6) is 0.102. The number of nitrogens with zero attached hydrogens (tertiary/aromatic N) is 2. The minimum absolute atomic E-state index is 0.102. The number of hydrogen-bond donors (Lipinski definition) is 0. The highest BCUT2D eigenvalue weighted by molar-refractivity contribution is 6.19. The summed E-state index contributed by atoms with van der Waals surface area (Å²) in [6.45, 7) is 0. The molecule has 0 N–H and O–H groups in total. The molecular formula is C29H18N2. The molecule has 7 rings (SSSR count). The Hall–Kier alpha value is -4.04. The van der Waals surface area contributed by atoms with Crippen LogP contribution in [0.1, 0.15) is 28.2 Å². The minimum atomic E-state index is 0.102. The summed E-state index contributed by atoms with van der Waals surface area (Å²) in [6.07, 6.45) is 4.09. The molecule has 2 heteroatoms. The van der Waals surface area contributed by atoms with Crippen LogP contribution in [0.2, 0.25) is 0 Å². The molecule has 2 aliphatic rings. The lowest BCUT2D eigenvalue weighted by Gasteiger charge is -2.30. The van der Waals surface area contributed by atoms with E-state index in [1.54, 1.807) is 6.34 Å². The summed E-state index contributed by atoms with van der Waals surface area (Å²) in [7, 11) is 0. The van der Waals surface area contributed by atoms with Crippen molar-refractivity contribution < 1.29 is 0 Å². The zero-order chi connectivity index (χ0) is 20.4. The Kier molecular flexibility index (Phi) is 3.36. The summed E-state index contributed by atoms with van der Waals surface area (Å²) in [5, 5.41) is 6.06. The summed E-state index contributed by atoms with van der Waals surface area (Å²) < 4.78 is 0. The van der Waals surface area contributed by atoms with E-state index >= 15 is 0 Å². The van der Waals surface area contributed by atoms with Crippen LogP contribution in [-0.2, 0) is 0 Å². The van der Waals surface area contributed by atoms with E-state index in [1.807, 2.05) is 0 Å². The van der Waals surface area contributed by atoms with Crippen molar-refractivity contribution in [1.82, 2.24) is 0 Å². The van der Waals surface area contributed by atoms with Crippen LogP contribution >= 0.6 is 0 Å². The number of aliphatic imine (C=N–C) groups is 1. The maximum absolute atomic E-state index is 4.80. The van der Waals surface area contributed by atoms with Gasteiger partial charge in [0.05, 0.1) is 11.0 Å². The van der Waals surface area contributed by atoms with Gasteiger partial charge in [-0.15, -0.1) is 0 Å². The van der Waals surface area contributed by atoms with E-state index in [-0.39, 0.29) is 5.92 Å². The third-order valence-corrected chi connectivity index (χ3v) is 6.61. The lowest BCUT2D eigenvalue weighted by atomic mass is 9.73. The molecule has 0 saturated heterocycles. The Morgan fingerprint density at radius 2 is 1.48 bits per heavy atom. The molecule has 1 atom stereocenters. The zero-order valence-corrected chi connectivity index (χ0v) is 16.8. The average Bonchev–Trinajstić information content (AvgIpc) is 3.34. The van der Waals surface area contributed by atoms with Crippen molar-refractivity contribution >= 4 is 45.2 Å². The molecule has 0 spiro atoms. The molecule has 0 amide bonds. The fraction of sp³-hybridized carbons (Fsp3) is 0.0345. The standard InChI is InChI=1S/C29H18N2/c1-3-8-18(9-4-1)23-16-21-15-14-20-12-7-13-22-24(20)26(21)27(29-28(22)30-17-31-29)25(23)19-10-5-2-6-11-19/h1-17,25H. The number of hydrogen-bond acceptors (Lipinski definition) is 2. The van der Waals surface area contributed by atoms with Gasteiger partial charge in [0.15, 0.2) is 0 Å². The van der Waals surface area contributed by atoms with Crippen LogP contribution in [-0.4, -0.2) is 6.34 Å². The fourth-order valence-electron chi connectivity index (χ4n) is 5.34. The van der Waals surface area contributed by atoms with Crippen molar-refractivity contribution in [3.63, 3.8) is 0 Å². The number of benzene rings is 5. The van der Waals surface area contributed by atoms with Gasteiger partial charge in [-0.1, -0.05) is 91.0 Å². The molecule has 1 aliphatic heterocycles. The number of fused-ring (bicyclic) bond motifs is 3. The Morgan fingerprint density at radius 3 is 2.32 bits per heavy atom. The van der Waals surface area contributed by atoms with Crippen molar-refractivity contribution in [2.45, 2.75) is 5.92 Å². The first-order valence-corrected chi connectivity index (χ1v) is 10.6. The van der Waals surface area contributed by atoms with Crippen LogP contribution in [0.15, 0.2) is 101 Å². The molecule has 0 aromatic heterocycles. The summed E-state index contributed by atoms with van der Waals surface area (Å²) in [5.41, 5.74) is 7.39. The molecule has 2 nitrogen and oxygen atoms in total. The molecule has 0 fully saturated rings. The third-order valence-electron chi connectivity index (χ3n) is 6.61. The molecule has 5 aromatic carbocycles. The van der Waals surface area contributed by atoms with Gasteiger partial charge in [0.1, 0.15) is 6.34 Å². The van der Waals surface area contributed by atoms with Gasteiger partial charge in [-0.05, 0) is 44.5 Å². The molecule has 5 aromatic rings. The minimum Gasteiger partial charge on any atom is -0.234 e. The lowest BCUT2D eigenvalue weighted by molar-refractivity contribution is 1.05. The van der Waals surface area contributed by atoms with Crippen molar-refractivity contribution in [3.05, 3.63) is 119 Å². The van der Waals surface area contributed by atoms with Crippen molar-refractivity contribution in [2.24, 2.45) is 9.98 Å². The molecule has 1 aliphatic carbocycles. The smallest absolute Gasteiger partial charge is 0.116 e. The average molecular weight is 394 g/mol. The van der Waals surface area contributed by atoms with Crippen molar-refractivity contribution in [2.75, 3.05) is 0 Å². The van der Waals surface area contributed by atoms with E-state index in [0.29, 0.717) is 0 Å². The molecule has 31 heavy (non-hydrogen) atoms. The van der Waals surface area contributed by atoms with Gasteiger partial charge >= 0.3 is 0 Å². The van der Waals surface area contributed by atoms with Gasteiger partial charge < -0.3 is 0 Å². The van der Waals surface area contributed by atoms with E-state index in [0.717, 1.165) is 11.0 Å². The van der Waals surface area contributed by atoms with Gasteiger partial charge in [0.25, 0.3) is 0 Å². The predicted molar refractivity (Wildman–Crippen MR) is 129 cm³/mol. The summed E-state index contributed by atoms with van der Waals surface area (Å²) in [6, 6.07) is 32.5. The highest BCUT2D eigenvalue weighted by atomic mass is 14.9. The van der Waals surface area contributed by atoms with Gasteiger partial charge in [0.2, 0.25) is 0 Å². The Morgan fingerprint density at radius 1 is 0.677 bits per heavy atom. The Balaban J connectivity index is 1.70. The van der Waals surface area contributed by atoms with Crippen LogP contribution < -0.4 is 5.36 Å². The second-order valence-electron chi connectivity index (χ2n) is 8.23. The zero-order valence-electron chi connectivity index (χ0n) is 16.8. The van der Waals surface area contributed by atoms with Gasteiger partial charge in [-0.3, -0.25) is 0 Å². The van der Waals surface area contributed by atoms with E-state index in [9.17, 15) is 0 Å². The first kappa shape index (κ1) is 16.7. The monoisotopic (exact) mass is 394 g/mol. The van der Waals surface area contributed by atoms with Gasteiger partial charge in [0, 0.05) is 16.9 Å². The van der Waals surface area contributed by atoms with E-state index < -0.39 is 0 Å². The number of rotatable bonds is 2. The van der Waals surface area contributed by atoms with Crippen LogP contribution in [0.4, 0.5) is 5.69 Å². The molecule has 144 valence electrons. The van der Waals surface area contributed by atoms with Crippen molar-refractivity contribution in [1.29, 1.82) is 0 Å². The molecule has 1 unspecified atom stereocenters. The van der Waals surface area contributed by atoms with E-state index in [4.69, 9.17) is 9.98 Å². The van der Waals surface area contributed by atoms with Crippen LogP contribution in [0.5, 0.6) is 0 Å². The SMILES string of the molecule is C1=Nc2c3c4c(ccc5cccc(c2=N1)c54)C=C(c1ccccc1)C3c1ccccc1. The molecule has 0 saturated carbocycles. The van der Waals surface area contributed by atoms with Gasteiger partial charge in [-0.25, -0.2) is 9.98 Å². The second-order valence-corrected chi connectivity index (χ2v) is 8.23. The predicted octanol–water partition coefficient (Wildman–Crippen LogP) is 6.69. The molecular weight excluding hydrogens is 376 g/mol. The lowest BCUT2D eigenvalue weighted by Crippen LogP contribution is -2.14. The molecule has 1 heterocycles. The van der Waals surface area contributed by atoms with E-state index in [2.05, 4.69) is 97.1 Å². The molecule has 0 radical (unpaired) electrons. The maximum Gasteiger partial charge on any atom is 0.116 e. The van der Waals surface area contributed by atoms with Gasteiger partial charge in [-0.2, -0.15) is 0 Å². The number of allylic oxidation sites excluding steroid dienone is 1. The highest BCUT2D eigenvalue weighted by Crippen LogP contribution is 2.50. The first-order chi connectivity index (χ1) is 15.4.